The fraction of sp³-hybridized carbons (Fsp3) is 1.00. The Kier molecular flexibility index (Phi) is 4.99. The smallest absolute Gasteiger partial charge is 0.256 e. The summed E-state index contributed by atoms with van der Waals surface area (Å²) in [5, 5.41) is 0. The highest BCUT2D eigenvalue weighted by molar-refractivity contribution is 8.13. The van der Waals surface area contributed by atoms with E-state index in [4.69, 9.17) is 20.2 Å². The molecule has 0 aliphatic carbocycles. The van der Waals surface area contributed by atoms with E-state index in [0.29, 0.717) is 6.61 Å². The second-order valence-corrected chi connectivity index (χ2v) is 4.57. The number of ether oxygens (including phenoxy) is 2. The minimum Gasteiger partial charge on any atom is -0.353 e. The highest BCUT2D eigenvalue weighted by atomic mass is 35.7. The third kappa shape index (κ3) is 8.06. The molecule has 0 saturated heterocycles. The molecule has 0 aromatic heterocycles. The maximum Gasteiger partial charge on any atom is 0.256 e. The predicted octanol–water partition coefficient (Wildman–Crippen LogP) is 0.912. The topological polar surface area (TPSA) is 52.6 Å². The van der Waals surface area contributed by atoms with Crippen LogP contribution in [0.4, 0.5) is 0 Å². The van der Waals surface area contributed by atoms with E-state index < -0.39 is 21.3 Å². The van der Waals surface area contributed by atoms with Gasteiger partial charge in [0.15, 0.2) is 12.2 Å². The lowest BCUT2D eigenvalue weighted by molar-refractivity contribution is -0.113. The largest absolute Gasteiger partial charge is 0.353 e. The Bertz CT molecular complexity index is 189. The number of hydrogen-bond acceptors (Lipinski definition) is 4. The second-order valence-electron chi connectivity index (χ2n) is 1.85. The van der Waals surface area contributed by atoms with Gasteiger partial charge in [-0.25, -0.2) is 8.42 Å². The van der Waals surface area contributed by atoms with Crippen molar-refractivity contribution in [2.45, 2.75) is 20.1 Å². The first-order valence-electron chi connectivity index (χ1n) is 3.11. The molecule has 0 rings (SSSR count). The van der Waals surface area contributed by atoms with Crippen LogP contribution in [0, 0.1) is 0 Å². The zero-order valence-corrected chi connectivity index (χ0v) is 7.98. The zero-order valence-electron chi connectivity index (χ0n) is 6.41. The molecule has 68 valence electrons. The van der Waals surface area contributed by atoms with Gasteiger partial charge in [0, 0.05) is 17.3 Å². The molecule has 1 atom stereocenters. The summed E-state index contributed by atoms with van der Waals surface area (Å²) in [5.41, 5.74) is 0. The molecule has 0 N–H and O–H groups in total. The lowest BCUT2D eigenvalue weighted by atomic mass is 10.7. The molecular formula is C5H11ClO4S. The van der Waals surface area contributed by atoms with Gasteiger partial charge >= 0.3 is 0 Å². The van der Waals surface area contributed by atoms with Crippen LogP contribution in [0.2, 0.25) is 0 Å². The van der Waals surface area contributed by atoms with Crippen molar-refractivity contribution in [1.29, 1.82) is 0 Å². The van der Waals surface area contributed by atoms with Gasteiger partial charge in [0.05, 0.1) is 0 Å². The van der Waals surface area contributed by atoms with E-state index in [2.05, 4.69) is 0 Å². The highest BCUT2D eigenvalue weighted by Crippen LogP contribution is 2.00. The number of rotatable bonds is 5. The van der Waals surface area contributed by atoms with Crippen molar-refractivity contribution in [3.8, 4) is 0 Å². The predicted molar refractivity (Wildman–Crippen MR) is 41.8 cm³/mol. The number of hydrogen-bond donors (Lipinski definition) is 0. The summed E-state index contributed by atoms with van der Waals surface area (Å²) < 4.78 is 30.2. The molecule has 0 aromatic rings. The van der Waals surface area contributed by atoms with Crippen molar-refractivity contribution in [3.05, 3.63) is 0 Å². The molecule has 0 radical (unpaired) electrons. The molecule has 0 aliphatic heterocycles. The van der Waals surface area contributed by atoms with Crippen molar-refractivity contribution >= 4 is 19.7 Å². The first-order valence-corrected chi connectivity index (χ1v) is 5.59. The first-order chi connectivity index (χ1) is 4.95. The fourth-order valence-corrected chi connectivity index (χ4v) is 0.968. The molecular weight excluding hydrogens is 192 g/mol. The van der Waals surface area contributed by atoms with Gasteiger partial charge in [-0.05, 0) is 13.8 Å². The van der Waals surface area contributed by atoms with Crippen LogP contribution in [0.1, 0.15) is 13.8 Å². The van der Waals surface area contributed by atoms with Gasteiger partial charge in [0.2, 0.25) is 0 Å². The first kappa shape index (κ1) is 11.2. The summed E-state index contributed by atoms with van der Waals surface area (Å²) in [5.74, 6) is -0.518. The molecule has 0 bridgehead atoms. The summed E-state index contributed by atoms with van der Waals surface area (Å²) >= 11 is 0. The van der Waals surface area contributed by atoms with Crippen molar-refractivity contribution in [2.75, 3.05) is 12.5 Å². The van der Waals surface area contributed by atoms with Crippen LogP contribution in [0.25, 0.3) is 0 Å². The molecule has 0 aromatic carbocycles. The van der Waals surface area contributed by atoms with E-state index >= 15 is 0 Å². The van der Waals surface area contributed by atoms with Gasteiger partial charge in [0.1, 0.15) is 0 Å². The van der Waals surface area contributed by atoms with Gasteiger partial charge in [0.25, 0.3) is 9.05 Å². The van der Waals surface area contributed by atoms with Crippen LogP contribution in [-0.2, 0) is 18.5 Å². The van der Waals surface area contributed by atoms with E-state index in [1.165, 1.54) is 0 Å². The lowest BCUT2D eigenvalue weighted by Crippen LogP contribution is -2.16. The summed E-state index contributed by atoms with van der Waals surface area (Å²) in [6, 6.07) is 0. The van der Waals surface area contributed by atoms with Crippen LogP contribution in [0.15, 0.2) is 0 Å². The Morgan fingerprint density at radius 2 is 2.00 bits per heavy atom. The highest BCUT2D eigenvalue weighted by Gasteiger charge is 2.08. The van der Waals surface area contributed by atoms with Crippen molar-refractivity contribution in [3.63, 3.8) is 0 Å². The molecule has 0 heterocycles. The minimum absolute atomic E-state index is 0.476. The molecule has 0 saturated carbocycles. The summed E-state index contributed by atoms with van der Waals surface area (Å²) in [6.07, 6.45) is -0.534. The maximum atomic E-state index is 10.3. The molecule has 0 spiro atoms. The monoisotopic (exact) mass is 202 g/mol. The average molecular weight is 203 g/mol. The van der Waals surface area contributed by atoms with Crippen LogP contribution >= 0.6 is 10.7 Å². The normalized spacial score (nSPS) is 14.8. The molecule has 0 fully saturated rings. The van der Waals surface area contributed by atoms with Gasteiger partial charge in [-0.15, -0.1) is 0 Å². The van der Waals surface area contributed by atoms with E-state index in [1.54, 1.807) is 13.8 Å². The summed E-state index contributed by atoms with van der Waals surface area (Å²) in [6.45, 7) is 3.87. The van der Waals surface area contributed by atoms with Crippen LogP contribution in [0.5, 0.6) is 0 Å². The van der Waals surface area contributed by atoms with E-state index in [-0.39, 0.29) is 0 Å². The Hall–Kier alpha value is 0.160. The average Bonchev–Trinajstić information content (AvgIpc) is 1.83. The van der Waals surface area contributed by atoms with Gasteiger partial charge < -0.3 is 9.47 Å². The summed E-state index contributed by atoms with van der Waals surface area (Å²) in [4.78, 5) is 0. The van der Waals surface area contributed by atoms with Gasteiger partial charge in [-0.2, -0.15) is 0 Å². The van der Waals surface area contributed by atoms with Gasteiger partial charge in [-0.1, -0.05) is 0 Å². The van der Waals surface area contributed by atoms with E-state index in [1.807, 2.05) is 0 Å². The van der Waals surface area contributed by atoms with Crippen molar-refractivity contribution in [1.82, 2.24) is 0 Å². The van der Waals surface area contributed by atoms with Crippen LogP contribution < -0.4 is 0 Å². The van der Waals surface area contributed by atoms with Crippen molar-refractivity contribution in [2.24, 2.45) is 0 Å². The molecule has 6 heteroatoms. The molecule has 0 aliphatic rings. The molecule has 0 amide bonds. The Morgan fingerprint density at radius 3 is 2.36 bits per heavy atom. The maximum absolute atomic E-state index is 10.3. The van der Waals surface area contributed by atoms with Crippen LogP contribution in [-0.4, -0.2) is 27.3 Å². The Morgan fingerprint density at radius 1 is 1.45 bits per heavy atom. The Labute approximate surface area is 70.9 Å². The second kappa shape index (κ2) is 4.92. The minimum atomic E-state index is -3.57. The van der Waals surface area contributed by atoms with Crippen molar-refractivity contribution < 1.29 is 17.9 Å². The zero-order chi connectivity index (χ0) is 8.91. The van der Waals surface area contributed by atoms with E-state index in [9.17, 15) is 8.42 Å². The Balaban J connectivity index is 3.54. The molecule has 11 heavy (non-hydrogen) atoms. The van der Waals surface area contributed by atoms with Gasteiger partial charge in [-0.3, -0.25) is 0 Å². The fourth-order valence-electron chi connectivity index (χ4n) is 0.460. The lowest BCUT2D eigenvalue weighted by Gasteiger charge is -2.10. The molecule has 4 nitrogen and oxygen atoms in total. The summed E-state index contributed by atoms with van der Waals surface area (Å²) in [7, 11) is 1.30. The third-order valence-corrected chi connectivity index (χ3v) is 1.53. The third-order valence-electron chi connectivity index (χ3n) is 0.845. The standard InChI is InChI=1S/C5H11ClO4S/c1-3-9-5(2)10-4-11(6,7)8/h5H,3-4H2,1-2H3. The van der Waals surface area contributed by atoms with Crippen LogP contribution in [0.3, 0.4) is 0 Å². The number of halogens is 1. The molecule has 1 unspecified atom stereocenters. The SMILES string of the molecule is CCOC(C)OCS(=O)(=O)Cl. The van der Waals surface area contributed by atoms with E-state index in [0.717, 1.165) is 0 Å². The quantitative estimate of drug-likeness (QED) is 0.491.